The van der Waals surface area contributed by atoms with Crippen molar-refractivity contribution in [1.29, 1.82) is 0 Å². The predicted octanol–water partition coefficient (Wildman–Crippen LogP) is 1.27. The Balaban J connectivity index is 1.57. The van der Waals surface area contributed by atoms with Crippen molar-refractivity contribution in [1.82, 2.24) is 21.3 Å². The summed E-state index contributed by atoms with van der Waals surface area (Å²) in [5.74, 6) is -2.92. The number of halogens is 1. The van der Waals surface area contributed by atoms with Crippen molar-refractivity contribution in [2.45, 2.75) is 25.4 Å². The van der Waals surface area contributed by atoms with Crippen molar-refractivity contribution >= 4 is 35.3 Å². The van der Waals surface area contributed by atoms with Gasteiger partial charge in [0.15, 0.2) is 0 Å². The summed E-state index contributed by atoms with van der Waals surface area (Å²) >= 11 is 6.20. The van der Waals surface area contributed by atoms with E-state index in [0.717, 1.165) is 13.0 Å². The second-order valence-corrected chi connectivity index (χ2v) is 8.61. The van der Waals surface area contributed by atoms with E-state index < -0.39 is 23.8 Å². The minimum Gasteiger partial charge on any atom is -0.508 e. The van der Waals surface area contributed by atoms with E-state index in [0.29, 0.717) is 18.5 Å². The lowest BCUT2D eigenvalue weighted by atomic mass is 9.99. The van der Waals surface area contributed by atoms with Gasteiger partial charge in [0, 0.05) is 25.2 Å². The summed E-state index contributed by atoms with van der Waals surface area (Å²) in [6.45, 7) is 1.27. The number of aromatic hydroxyl groups is 1. The molecule has 3 amide bonds. The molecule has 1 aliphatic rings. The molecule has 1 heterocycles. The van der Waals surface area contributed by atoms with Crippen LogP contribution >= 0.6 is 11.6 Å². The van der Waals surface area contributed by atoms with Gasteiger partial charge in [-0.1, -0.05) is 23.7 Å². The molecule has 0 spiro atoms. The monoisotopic (exact) mass is 502 g/mol. The highest BCUT2D eigenvalue weighted by molar-refractivity contribution is 6.34. The van der Waals surface area contributed by atoms with Crippen LogP contribution in [0.5, 0.6) is 5.75 Å². The zero-order chi connectivity index (χ0) is 25.4. The van der Waals surface area contributed by atoms with Crippen LogP contribution in [0.15, 0.2) is 42.5 Å². The summed E-state index contributed by atoms with van der Waals surface area (Å²) in [5, 5.41) is 29.7. The average molecular weight is 503 g/mol. The number of phenols is 1. The average Bonchev–Trinajstić information content (AvgIpc) is 2.85. The molecule has 0 radical (unpaired) electrons. The zero-order valence-electron chi connectivity index (χ0n) is 18.8. The van der Waals surface area contributed by atoms with Crippen LogP contribution in [0.3, 0.4) is 0 Å². The number of carboxylic acid groups (broad SMARTS) is 1. The fourth-order valence-electron chi connectivity index (χ4n) is 3.65. The number of hydrogen-bond donors (Lipinski definition) is 6. The Bertz CT molecular complexity index is 1100. The third-order valence-corrected chi connectivity index (χ3v) is 5.90. The number of benzene rings is 2. The first-order valence-corrected chi connectivity index (χ1v) is 11.5. The summed E-state index contributed by atoms with van der Waals surface area (Å²) < 4.78 is 0. The Kier molecular flexibility index (Phi) is 9.04. The molecule has 2 atom stereocenters. The number of hydrogen-bond acceptors (Lipinski definition) is 6. The van der Waals surface area contributed by atoms with Crippen LogP contribution in [0.4, 0.5) is 0 Å². The zero-order valence-corrected chi connectivity index (χ0v) is 19.6. The molecular weight excluding hydrogens is 476 g/mol. The number of carbonyl (C=O) groups is 4. The van der Waals surface area contributed by atoms with Crippen molar-refractivity contribution in [3.05, 3.63) is 64.2 Å². The largest absolute Gasteiger partial charge is 0.508 e. The number of aliphatic carboxylic acids is 1. The van der Waals surface area contributed by atoms with Crippen LogP contribution in [-0.4, -0.2) is 59.6 Å². The summed E-state index contributed by atoms with van der Waals surface area (Å²) in [6.07, 6.45) is 1.58. The highest BCUT2D eigenvalue weighted by Gasteiger charge is 2.26. The number of carboxylic acids is 1. The Morgan fingerprint density at radius 3 is 2.54 bits per heavy atom. The molecule has 1 unspecified atom stereocenters. The minimum absolute atomic E-state index is 0.00902. The highest BCUT2D eigenvalue weighted by atomic mass is 35.5. The van der Waals surface area contributed by atoms with Gasteiger partial charge in [0.25, 0.3) is 11.8 Å². The van der Waals surface area contributed by atoms with Crippen molar-refractivity contribution in [2.24, 2.45) is 5.92 Å². The van der Waals surface area contributed by atoms with Crippen LogP contribution in [0.1, 0.15) is 39.1 Å². The van der Waals surface area contributed by atoms with Gasteiger partial charge in [0.2, 0.25) is 5.91 Å². The first-order valence-electron chi connectivity index (χ1n) is 11.1. The molecule has 186 valence electrons. The smallest absolute Gasteiger partial charge is 0.328 e. The van der Waals surface area contributed by atoms with Gasteiger partial charge in [-0.05, 0) is 55.3 Å². The van der Waals surface area contributed by atoms with Gasteiger partial charge in [0.1, 0.15) is 11.8 Å². The van der Waals surface area contributed by atoms with Crippen molar-refractivity contribution in [3.8, 4) is 5.75 Å². The molecule has 0 aliphatic carbocycles. The molecule has 2 aromatic rings. The number of carbonyl (C=O) groups excluding carboxylic acids is 3. The number of piperidine rings is 1. The number of rotatable bonds is 9. The Hall–Kier alpha value is -3.63. The molecule has 1 saturated heterocycles. The third-order valence-electron chi connectivity index (χ3n) is 5.59. The molecular formula is C24H27ClN4O6. The molecule has 2 aromatic carbocycles. The summed E-state index contributed by atoms with van der Waals surface area (Å²) in [6, 6.07) is 9.11. The van der Waals surface area contributed by atoms with Gasteiger partial charge >= 0.3 is 5.97 Å². The molecule has 1 fully saturated rings. The normalized spacial score (nSPS) is 16.1. The quantitative estimate of drug-likeness (QED) is 0.301. The van der Waals surface area contributed by atoms with E-state index in [1.807, 2.05) is 0 Å². The van der Waals surface area contributed by atoms with Gasteiger partial charge in [-0.2, -0.15) is 0 Å². The van der Waals surface area contributed by atoms with Gasteiger partial charge < -0.3 is 31.5 Å². The fraction of sp³-hybridized carbons (Fsp3) is 0.333. The van der Waals surface area contributed by atoms with Crippen LogP contribution in [-0.2, 0) is 16.1 Å². The summed E-state index contributed by atoms with van der Waals surface area (Å²) in [5.41, 5.74) is 0.895. The van der Waals surface area contributed by atoms with E-state index in [4.69, 9.17) is 11.6 Å². The maximum atomic E-state index is 12.6. The molecule has 3 rings (SSSR count). The highest BCUT2D eigenvalue weighted by Crippen LogP contribution is 2.19. The molecule has 0 aromatic heterocycles. The Labute approximate surface area is 207 Å². The third kappa shape index (κ3) is 7.43. The van der Waals surface area contributed by atoms with Crippen LogP contribution in [0, 0.1) is 5.92 Å². The molecule has 0 bridgehead atoms. The summed E-state index contributed by atoms with van der Waals surface area (Å²) in [4.78, 5) is 49.0. The molecule has 10 nitrogen and oxygen atoms in total. The van der Waals surface area contributed by atoms with Crippen LogP contribution in [0.25, 0.3) is 0 Å². The van der Waals surface area contributed by atoms with Crippen molar-refractivity contribution in [3.63, 3.8) is 0 Å². The Morgan fingerprint density at radius 2 is 1.89 bits per heavy atom. The first-order chi connectivity index (χ1) is 16.7. The Morgan fingerprint density at radius 1 is 1.09 bits per heavy atom. The molecule has 35 heavy (non-hydrogen) atoms. The van der Waals surface area contributed by atoms with Gasteiger partial charge in [0.05, 0.1) is 16.5 Å². The van der Waals surface area contributed by atoms with Crippen LogP contribution in [0.2, 0.25) is 5.02 Å². The second-order valence-electron chi connectivity index (χ2n) is 8.20. The van der Waals surface area contributed by atoms with Gasteiger partial charge in [-0.25, -0.2) is 4.79 Å². The molecule has 1 aliphatic heterocycles. The molecule has 0 saturated carbocycles. The van der Waals surface area contributed by atoms with E-state index >= 15 is 0 Å². The minimum atomic E-state index is -1.36. The molecule has 11 heteroatoms. The number of phenolic OH excluding ortho intramolecular Hbond substituents is 1. The predicted molar refractivity (Wildman–Crippen MR) is 128 cm³/mol. The van der Waals surface area contributed by atoms with Crippen molar-refractivity contribution < 1.29 is 29.4 Å². The van der Waals surface area contributed by atoms with E-state index in [2.05, 4.69) is 21.3 Å². The fourth-order valence-corrected chi connectivity index (χ4v) is 3.92. The first kappa shape index (κ1) is 26.0. The van der Waals surface area contributed by atoms with E-state index in [1.165, 1.54) is 30.3 Å². The van der Waals surface area contributed by atoms with E-state index in [1.54, 1.807) is 12.1 Å². The second kappa shape index (κ2) is 12.2. The number of nitrogens with one attached hydrogen (secondary N) is 4. The molecule has 6 N–H and O–H groups in total. The topological polar surface area (TPSA) is 157 Å². The lowest BCUT2D eigenvalue weighted by molar-refractivity contribution is -0.139. The lowest BCUT2D eigenvalue weighted by Crippen LogP contribution is -2.50. The standard InChI is InChI=1S/C24H27ClN4O6/c25-19-10-15(21(31)27-11-14-3-1-5-17(30)9-14)6-7-18(19)23(33)29-20(24(34)35)13-28-22(32)16-4-2-8-26-12-16/h1,3,5-7,9-10,16,20,26,30H,2,4,8,11-13H2,(H,27,31)(H,28,32)(H,29,33)(H,34,35)/t16?,20-/m0/s1. The maximum absolute atomic E-state index is 12.6. The van der Waals surface area contributed by atoms with Crippen LogP contribution < -0.4 is 21.3 Å². The van der Waals surface area contributed by atoms with E-state index in [-0.39, 0.29) is 46.8 Å². The summed E-state index contributed by atoms with van der Waals surface area (Å²) in [7, 11) is 0. The SMILES string of the molecule is O=C(NCc1cccc(O)c1)c1ccc(C(=O)N[C@@H](CNC(=O)C2CCCNC2)C(=O)O)c(Cl)c1. The lowest BCUT2D eigenvalue weighted by Gasteiger charge is -2.23. The van der Waals surface area contributed by atoms with Crippen molar-refractivity contribution in [2.75, 3.05) is 19.6 Å². The number of amides is 3. The van der Waals surface area contributed by atoms with Gasteiger partial charge in [-0.15, -0.1) is 0 Å². The van der Waals surface area contributed by atoms with E-state index in [9.17, 15) is 29.4 Å². The van der Waals surface area contributed by atoms with Gasteiger partial charge in [-0.3, -0.25) is 14.4 Å². The maximum Gasteiger partial charge on any atom is 0.328 e.